The quantitative estimate of drug-likeness (QED) is 0.471. The third-order valence-corrected chi connectivity index (χ3v) is 7.77. The van der Waals surface area contributed by atoms with E-state index >= 15 is 0 Å². The predicted octanol–water partition coefficient (Wildman–Crippen LogP) is 4.16. The highest BCUT2D eigenvalue weighted by Gasteiger charge is 2.33. The second kappa shape index (κ2) is 11.4. The van der Waals surface area contributed by atoms with Crippen molar-refractivity contribution >= 4 is 5.69 Å². The number of rotatable bonds is 8. The van der Waals surface area contributed by atoms with Gasteiger partial charge in [-0.2, -0.15) is 0 Å². The minimum Gasteiger partial charge on any atom is -0.496 e. The average Bonchev–Trinajstić information content (AvgIpc) is 3.40. The molecule has 2 heterocycles. The summed E-state index contributed by atoms with van der Waals surface area (Å²) in [5.74, 6) is 1.95. The summed E-state index contributed by atoms with van der Waals surface area (Å²) in [5.41, 5.74) is 3.70. The fourth-order valence-electron chi connectivity index (χ4n) is 5.70. The Morgan fingerprint density at radius 1 is 0.944 bits per heavy atom. The van der Waals surface area contributed by atoms with Crippen molar-refractivity contribution in [3.05, 3.63) is 65.5 Å². The van der Waals surface area contributed by atoms with Gasteiger partial charge in [0.25, 0.3) is 0 Å². The van der Waals surface area contributed by atoms with Crippen molar-refractivity contribution in [1.29, 1.82) is 0 Å². The predicted molar refractivity (Wildman–Crippen MR) is 142 cm³/mol. The highest BCUT2D eigenvalue weighted by Crippen LogP contribution is 2.34. The fraction of sp³-hybridized carbons (Fsp3) is 0.536. The van der Waals surface area contributed by atoms with Gasteiger partial charge in [0, 0.05) is 58.1 Å². The number of benzene rings is 2. The maximum absolute atomic E-state index is 5.58. The van der Waals surface area contributed by atoms with Crippen LogP contribution in [0.2, 0.25) is 0 Å². The number of piperazine rings is 1. The van der Waals surface area contributed by atoms with E-state index in [-0.39, 0.29) is 6.04 Å². The molecule has 0 spiro atoms. The van der Waals surface area contributed by atoms with Crippen LogP contribution in [-0.4, -0.2) is 77.4 Å². The molecule has 1 unspecified atom stereocenters. The Hall–Kier alpha value is -2.97. The number of hydrogen-bond acceptors (Lipinski definition) is 7. The lowest BCUT2D eigenvalue weighted by atomic mass is 9.95. The van der Waals surface area contributed by atoms with Gasteiger partial charge in [-0.1, -0.05) is 49.6 Å². The third kappa shape index (κ3) is 5.39. The lowest BCUT2D eigenvalue weighted by molar-refractivity contribution is 0.0981. The Morgan fingerprint density at radius 2 is 1.67 bits per heavy atom. The van der Waals surface area contributed by atoms with Crippen LogP contribution in [0.5, 0.6) is 5.75 Å². The second-order valence-corrected chi connectivity index (χ2v) is 10.3. The largest absolute Gasteiger partial charge is 0.496 e. The Morgan fingerprint density at radius 3 is 2.36 bits per heavy atom. The van der Waals surface area contributed by atoms with Crippen LogP contribution in [0.3, 0.4) is 0 Å². The van der Waals surface area contributed by atoms with Crippen LogP contribution < -0.4 is 9.64 Å². The first-order valence-corrected chi connectivity index (χ1v) is 13.3. The van der Waals surface area contributed by atoms with Crippen LogP contribution in [0.1, 0.15) is 61.1 Å². The average molecular weight is 490 g/mol. The van der Waals surface area contributed by atoms with Crippen LogP contribution in [0.4, 0.5) is 5.69 Å². The van der Waals surface area contributed by atoms with E-state index in [1.807, 2.05) is 12.1 Å². The van der Waals surface area contributed by atoms with Gasteiger partial charge >= 0.3 is 0 Å². The zero-order valence-corrected chi connectivity index (χ0v) is 21.9. The first-order chi connectivity index (χ1) is 17.6. The molecule has 8 nitrogen and oxygen atoms in total. The summed E-state index contributed by atoms with van der Waals surface area (Å²) in [7, 11) is 5.91. The molecule has 1 saturated heterocycles. The first kappa shape index (κ1) is 24.7. The van der Waals surface area contributed by atoms with E-state index in [2.05, 4.69) is 85.4 Å². The van der Waals surface area contributed by atoms with Crippen molar-refractivity contribution < 1.29 is 4.74 Å². The highest BCUT2D eigenvalue weighted by molar-refractivity contribution is 5.47. The molecule has 1 aromatic heterocycles. The van der Waals surface area contributed by atoms with E-state index in [1.54, 1.807) is 7.11 Å². The number of tetrazole rings is 1. The summed E-state index contributed by atoms with van der Waals surface area (Å²) >= 11 is 0. The monoisotopic (exact) mass is 489 g/mol. The third-order valence-electron chi connectivity index (χ3n) is 7.77. The van der Waals surface area contributed by atoms with Crippen LogP contribution in [0.15, 0.2) is 48.5 Å². The zero-order chi connectivity index (χ0) is 24.9. The topological polar surface area (TPSA) is 62.6 Å². The molecule has 36 heavy (non-hydrogen) atoms. The van der Waals surface area contributed by atoms with Gasteiger partial charge in [0.2, 0.25) is 0 Å². The maximum atomic E-state index is 5.58. The van der Waals surface area contributed by atoms with E-state index in [0.29, 0.717) is 6.04 Å². The first-order valence-electron chi connectivity index (χ1n) is 13.3. The zero-order valence-electron chi connectivity index (χ0n) is 21.9. The van der Waals surface area contributed by atoms with E-state index in [4.69, 9.17) is 4.74 Å². The lowest BCUT2D eigenvalue weighted by Crippen LogP contribution is -2.48. The number of para-hydroxylation sites is 1. The van der Waals surface area contributed by atoms with E-state index in [0.717, 1.165) is 57.1 Å². The van der Waals surface area contributed by atoms with Crippen LogP contribution in [-0.2, 0) is 6.54 Å². The molecule has 5 rings (SSSR count). The van der Waals surface area contributed by atoms with E-state index in [1.165, 1.54) is 36.1 Å². The second-order valence-electron chi connectivity index (χ2n) is 10.3. The molecule has 3 aromatic rings. The molecule has 1 saturated carbocycles. The molecule has 1 aliphatic heterocycles. The maximum Gasteiger partial charge on any atom is 0.173 e. The van der Waals surface area contributed by atoms with Gasteiger partial charge in [0.05, 0.1) is 19.2 Å². The van der Waals surface area contributed by atoms with Crippen LogP contribution in [0, 0.1) is 0 Å². The van der Waals surface area contributed by atoms with Crippen molar-refractivity contribution in [1.82, 2.24) is 30.0 Å². The molecule has 2 aliphatic rings. The van der Waals surface area contributed by atoms with Gasteiger partial charge in [0.1, 0.15) is 5.75 Å². The molecular weight excluding hydrogens is 450 g/mol. The SMILES string of the molecule is COc1ccccc1CN1CCN(C(c2ccc(N(C)C)cc2)c2nnnn2C2CCCCC2)CC1. The normalized spacial score (nSPS) is 18.8. The summed E-state index contributed by atoms with van der Waals surface area (Å²) in [6.45, 7) is 4.82. The van der Waals surface area contributed by atoms with Crippen molar-refractivity contribution in [3.8, 4) is 5.75 Å². The van der Waals surface area contributed by atoms with Gasteiger partial charge in [-0.3, -0.25) is 9.80 Å². The Balaban J connectivity index is 1.38. The van der Waals surface area contributed by atoms with Gasteiger partial charge in [-0.15, -0.1) is 5.10 Å². The van der Waals surface area contributed by atoms with Gasteiger partial charge < -0.3 is 9.64 Å². The van der Waals surface area contributed by atoms with E-state index in [9.17, 15) is 0 Å². The molecule has 0 bridgehead atoms. The van der Waals surface area contributed by atoms with Gasteiger partial charge in [-0.05, 0) is 47.0 Å². The van der Waals surface area contributed by atoms with Crippen LogP contribution >= 0.6 is 0 Å². The van der Waals surface area contributed by atoms with Gasteiger partial charge in [0.15, 0.2) is 5.82 Å². The minimum absolute atomic E-state index is 0.0477. The van der Waals surface area contributed by atoms with Crippen molar-refractivity contribution in [2.75, 3.05) is 52.3 Å². The molecule has 0 amide bonds. The summed E-state index contributed by atoms with van der Waals surface area (Å²) < 4.78 is 7.73. The van der Waals surface area contributed by atoms with Crippen molar-refractivity contribution in [2.45, 2.75) is 50.7 Å². The molecule has 0 radical (unpaired) electrons. The molecule has 0 N–H and O–H groups in total. The Kier molecular flexibility index (Phi) is 7.82. The molecule has 2 aromatic carbocycles. The lowest BCUT2D eigenvalue weighted by Gasteiger charge is -2.39. The smallest absolute Gasteiger partial charge is 0.173 e. The molecule has 192 valence electrons. The number of hydrogen-bond donors (Lipinski definition) is 0. The molecule has 1 aliphatic carbocycles. The van der Waals surface area contributed by atoms with Crippen LogP contribution in [0.25, 0.3) is 0 Å². The number of anilines is 1. The highest BCUT2D eigenvalue weighted by atomic mass is 16.5. The number of ether oxygens (including phenoxy) is 1. The Labute approximate surface area is 214 Å². The number of methoxy groups -OCH3 is 1. The number of aromatic nitrogens is 4. The Bertz CT molecular complexity index is 1100. The summed E-state index contributed by atoms with van der Waals surface area (Å²) in [5, 5.41) is 13.3. The molecule has 2 fully saturated rings. The standard InChI is InChI=1S/C28H39N7O/c1-32(2)24-15-13-22(14-16-24)27(28-29-30-31-35(28)25-10-5-4-6-11-25)34-19-17-33(18-20-34)21-23-9-7-8-12-26(23)36-3/h7-9,12-16,25,27H,4-6,10-11,17-21H2,1-3H3. The van der Waals surface area contributed by atoms with Crippen molar-refractivity contribution in [2.24, 2.45) is 0 Å². The van der Waals surface area contributed by atoms with Crippen molar-refractivity contribution in [3.63, 3.8) is 0 Å². The molecule has 1 atom stereocenters. The summed E-state index contributed by atoms with van der Waals surface area (Å²) in [4.78, 5) is 7.22. The fourth-order valence-corrected chi connectivity index (χ4v) is 5.70. The van der Waals surface area contributed by atoms with Gasteiger partial charge in [-0.25, -0.2) is 4.68 Å². The summed E-state index contributed by atoms with van der Waals surface area (Å²) in [6, 6.07) is 17.7. The molecule has 8 heteroatoms. The number of nitrogens with zero attached hydrogens (tertiary/aromatic N) is 7. The summed E-state index contributed by atoms with van der Waals surface area (Å²) in [6.07, 6.45) is 6.16. The van der Waals surface area contributed by atoms with E-state index < -0.39 is 0 Å². The minimum atomic E-state index is 0.0477. The molecular formula is C28H39N7O.